The van der Waals surface area contributed by atoms with Crippen LogP contribution in [0.1, 0.15) is 22.3 Å². The van der Waals surface area contributed by atoms with E-state index in [2.05, 4.69) is 216 Å². The lowest BCUT2D eigenvalue weighted by Gasteiger charge is -2.30. The number of hydrogen-bond donors (Lipinski definition) is 0. The number of hydrogen-bond acceptors (Lipinski definition) is 3. The third kappa shape index (κ3) is 5.17. The van der Waals surface area contributed by atoms with Gasteiger partial charge < -0.3 is 0 Å². The van der Waals surface area contributed by atoms with E-state index in [0.29, 0.717) is 5.95 Å². The maximum absolute atomic E-state index is 5.57. The van der Waals surface area contributed by atoms with E-state index in [0.717, 1.165) is 60.7 Å². The Labute approximate surface area is 392 Å². The van der Waals surface area contributed by atoms with Crippen molar-refractivity contribution in [3.63, 3.8) is 0 Å². The third-order valence-corrected chi connectivity index (χ3v) is 14.9. The molecule has 0 saturated carbocycles. The van der Waals surface area contributed by atoms with Gasteiger partial charge in [-0.05, 0) is 143 Å². The minimum atomic E-state index is -0.426. The van der Waals surface area contributed by atoms with Crippen LogP contribution in [0.2, 0.25) is 0 Å². The van der Waals surface area contributed by atoms with Crippen LogP contribution >= 0.6 is 0 Å². The first-order valence-corrected chi connectivity index (χ1v) is 23.3. The smallest absolute Gasteiger partial charge is 0.235 e. The second kappa shape index (κ2) is 14.0. The van der Waals surface area contributed by atoms with Gasteiger partial charge in [0.1, 0.15) is 0 Å². The maximum atomic E-state index is 5.57. The highest BCUT2D eigenvalue weighted by atomic mass is 15.2. The summed E-state index contributed by atoms with van der Waals surface area (Å²) in [5.41, 5.74) is 19.5. The zero-order chi connectivity index (χ0) is 44.5. The van der Waals surface area contributed by atoms with Gasteiger partial charge in [-0.15, -0.1) is 0 Å². The van der Waals surface area contributed by atoms with Crippen LogP contribution in [0.25, 0.3) is 116 Å². The van der Waals surface area contributed by atoms with Gasteiger partial charge in [-0.3, -0.25) is 9.55 Å². The molecular formula is C64H38N4. The molecular weight excluding hydrogens is 825 g/mol. The van der Waals surface area contributed by atoms with Gasteiger partial charge in [0.15, 0.2) is 0 Å². The van der Waals surface area contributed by atoms with E-state index in [9.17, 15) is 0 Å². The molecule has 3 aromatic heterocycles. The quantitative estimate of drug-likeness (QED) is 0.177. The molecule has 0 aliphatic heterocycles. The second-order valence-corrected chi connectivity index (χ2v) is 18.3. The topological polar surface area (TPSA) is 43.6 Å². The van der Waals surface area contributed by atoms with Crippen molar-refractivity contribution < 1.29 is 0 Å². The Morgan fingerprint density at radius 3 is 1.57 bits per heavy atom. The van der Waals surface area contributed by atoms with Crippen molar-refractivity contribution in [1.29, 1.82) is 0 Å². The van der Waals surface area contributed by atoms with E-state index in [-0.39, 0.29) is 0 Å². The summed E-state index contributed by atoms with van der Waals surface area (Å²) in [6.07, 6.45) is 3.69. The van der Waals surface area contributed by atoms with Gasteiger partial charge in [0, 0.05) is 34.1 Å². The SMILES string of the molecule is c1ccc2c(c1)-c1ccccc1C21c2ccccc2-c2ccc(-c3ccc4c5cc6ccccc6cc5n(-c5nc(-c6ccncc6)c6cc(-c7ccc8ccccc8c7)ccc6n5)c4c3)cc21. The number of fused-ring (bicyclic) bond motifs is 16. The Kier molecular flexibility index (Phi) is 7.67. The lowest BCUT2D eigenvalue weighted by atomic mass is 9.70. The minimum absolute atomic E-state index is 0.426. The molecule has 0 N–H and O–H groups in total. The van der Waals surface area contributed by atoms with E-state index in [4.69, 9.17) is 9.97 Å². The van der Waals surface area contributed by atoms with Crippen molar-refractivity contribution in [3.8, 4) is 61.7 Å². The standard InChI is InChI=1S/C64H38N4/c1-2-12-41-33-44(22-21-39(41)11-1)45-25-28-59-54(35-45)62(40-29-31-65-32-30-40)67-63(66-59)68-60-38-47(24-27-52(60)53-34-42-13-3-4-14-43(42)37-61(53)68)46-23-26-51-50-17-7-10-20-57(50)64(58(51)36-46)55-18-8-5-15-48(55)49-16-6-9-19-56(49)64/h1-38H. The van der Waals surface area contributed by atoms with Crippen LogP contribution in [0, 0.1) is 0 Å². The average molecular weight is 863 g/mol. The van der Waals surface area contributed by atoms with Gasteiger partial charge in [0.25, 0.3) is 0 Å². The van der Waals surface area contributed by atoms with Gasteiger partial charge in [-0.25, -0.2) is 9.97 Å². The molecule has 1 spiro atoms. The van der Waals surface area contributed by atoms with Gasteiger partial charge in [0.2, 0.25) is 5.95 Å². The van der Waals surface area contributed by atoms with Gasteiger partial charge in [-0.1, -0.05) is 164 Å². The summed E-state index contributed by atoms with van der Waals surface area (Å²) >= 11 is 0. The van der Waals surface area contributed by atoms with Crippen molar-refractivity contribution >= 4 is 54.3 Å². The molecule has 4 nitrogen and oxygen atoms in total. The number of pyridine rings is 1. The number of nitrogens with zero attached hydrogens (tertiary/aromatic N) is 4. The molecule has 10 aromatic carbocycles. The normalized spacial score (nSPS) is 13.1. The fourth-order valence-corrected chi connectivity index (χ4v) is 11.9. The maximum Gasteiger partial charge on any atom is 0.235 e. The third-order valence-electron chi connectivity index (χ3n) is 14.9. The molecule has 68 heavy (non-hydrogen) atoms. The summed E-state index contributed by atoms with van der Waals surface area (Å²) in [7, 11) is 0. The van der Waals surface area contributed by atoms with E-state index < -0.39 is 5.41 Å². The molecule has 3 heterocycles. The first-order chi connectivity index (χ1) is 33.7. The van der Waals surface area contributed by atoms with Crippen LogP contribution in [-0.2, 0) is 5.41 Å². The summed E-state index contributed by atoms with van der Waals surface area (Å²) in [4.78, 5) is 15.4. The molecule has 15 rings (SSSR count). The Balaban J connectivity index is 0.966. The van der Waals surface area contributed by atoms with Crippen LogP contribution in [0.3, 0.4) is 0 Å². The van der Waals surface area contributed by atoms with Crippen LogP contribution in [-0.4, -0.2) is 19.5 Å². The highest BCUT2D eigenvalue weighted by molar-refractivity contribution is 6.14. The molecule has 2 aliphatic rings. The Hall–Kier alpha value is -8.99. The lowest BCUT2D eigenvalue weighted by Crippen LogP contribution is -2.25. The Morgan fingerprint density at radius 1 is 0.324 bits per heavy atom. The molecule has 0 bridgehead atoms. The zero-order valence-electron chi connectivity index (χ0n) is 36.7. The van der Waals surface area contributed by atoms with Crippen LogP contribution in [0.5, 0.6) is 0 Å². The Morgan fingerprint density at radius 2 is 0.853 bits per heavy atom. The van der Waals surface area contributed by atoms with E-state index in [1.54, 1.807) is 0 Å². The molecule has 314 valence electrons. The summed E-state index contributed by atoms with van der Waals surface area (Å²) in [6, 6.07) is 80.3. The van der Waals surface area contributed by atoms with Crippen molar-refractivity contribution in [2.45, 2.75) is 5.41 Å². The first kappa shape index (κ1) is 37.3. The van der Waals surface area contributed by atoms with Gasteiger partial charge in [0.05, 0.1) is 27.7 Å². The molecule has 0 atom stereocenters. The van der Waals surface area contributed by atoms with E-state index in [1.807, 2.05) is 24.5 Å². The van der Waals surface area contributed by atoms with Crippen molar-refractivity contribution in [3.05, 3.63) is 253 Å². The van der Waals surface area contributed by atoms with Crippen LogP contribution in [0.4, 0.5) is 0 Å². The van der Waals surface area contributed by atoms with Crippen molar-refractivity contribution in [2.75, 3.05) is 0 Å². The predicted molar refractivity (Wildman–Crippen MR) is 279 cm³/mol. The highest BCUT2D eigenvalue weighted by Gasteiger charge is 2.51. The largest absolute Gasteiger partial charge is 0.278 e. The molecule has 0 saturated heterocycles. The summed E-state index contributed by atoms with van der Waals surface area (Å²) in [5.74, 6) is 0.623. The summed E-state index contributed by atoms with van der Waals surface area (Å²) in [5, 5.41) is 8.10. The second-order valence-electron chi connectivity index (χ2n) is 18.3. The number of benzene rings is 10. The minimum Gasteiger partial charge on any atom is -0.278 e. The monoisotopic (exact) mass is 862 g/mol. The van der Waals surface area contributed by atoms with Crippen molar-refractivity contribution in [2.24, 2.45) is 0 Å². The number of rotatable bonds is 4. The van der Waals surface area contributed by atoms with Gasteiger partial charge in [-0.2, -0.15) is 0 Å². The number of aromatic nitrogens is 4. The van der Waals surface area contributed by atoms with Gasteiger partial charge >= 0.3 is 0 Å². The van der Waals surface area contributed by atoms with E-state index in [1.165, 1.54) is 71.6 Å². The molecule has 0 fully saturated rings. The fraction of sp³-hybridized carbons (Fsp3) is 0.0156. The first-order valence-electron chi connectivity index (χ1n) is 23.3. The predicted octanol–water partition coefficient (Wildman–Crippen LogP) is 15.8. The lowest BCUT2D eigenvalue weighted by molar-refractivity contribution is 0.794. The molecule has 0 amide bonds. The molecule has 4 heteroatoms. The van der Waals surface area contributed by atoms with Crippen LogP contribution < -0.4 is 0 Å². The highest BCUT2D eigenvalue weighted by Crippen LogP contribution is 2.63. The molecule has 0 unspecified atom stereocenters. The van der Waals surface area contributed by atoms with Crippen LogP contribution in [0.15, 0.2) is 231 Å². The Bertz CT molecular complexity index is 4210. The van der Waals surface area contributed by atoms with E-state index >= 15 is 0 Å². The summed E-state index contributed by atoms with van der Waals surface area (Å²) in [6.45, 7) is 0. The fourth-order valence-electron chi connectivity index (χ4n) is 11.9. The zero-order valence-corrected chi connectivity index (χ0v) is 36.7. The van der Waals surface area contributed by atoms with Crippen molar-refractivity contribution in [1.82, 2.24) is 19.5 Å². The average Bonchev–Trinajstić information content (AvgIpc) is 4.00. The summed E-state index contributed by atoms with van der Waals surface area (Å²) < 4.78 is 2.29. The molecule has 0 radical (unpaired) electrons. The molecule has 13 aromatic rings. The molecule has 2 aliphatic carbocycles.